The second-order valence-corrected chi connectivity index (χ2v) is 15.4. The molecule has 1 aliphatic heterocycles. The lowest BCUT2D eigenvalue weighted by atomic mass is 9.88. The lowest BCUT2D eigenvalue weighted by molar-refractivity contribution is 0.811. The van der Waals surface area contributed by atoms with Gasteiger partial charge in [-0.1, -0.05) is 140 Å². The van der Waals surface area contributed by atoms with Crippen LogP contribution in [-0.4, -0.2) is 20.2 Å². The summed E-state index contributed by atoms with van der Waals surface area (Å²) in [4.78, 5) is 16.8. The summed E-state index contributed by atoms with van der Waals surface area (Å²) in [6.45, 7) is 0. The van der Waals surface area contributed by atoms with E-state index in [1.165, 1.54) is 47.0 Å². The van der Waals surface area contributed by atoms with E-state index in [9.17, 15) is 0 Å². The Morgan fingerprint density at radius 2 is 1.34 bits per heavy atom. The quantitative estimate of drug-likeness (QED) is 0.182. The third kappa shape index (κ3) is 5.25. The summed E-state index contributed by atoms with van der Waals surface area (Å²) in [7, 11) is 0. The molecule has 0 amide bonds. The van der Waals surface area contributed by atoms with Gasteiger partial charge in [0.25, 0.3) is 0 Å². The first-order valence-electron chi connectivity index (χ1n) is 17.1. The Kier molecular flexibility index (Phi) is 7.21. The first kappa shape index (κ1) is 29.5. The molecule has 3 atom stereocenters. The molecule has 0 radical (unpaired) electrons. The fraction of sp³-hybridized carbons (Fsp3) is 0.0889. The molecule has 2 aliphatic carbocycles. The Hall–Kier alpha value is -5.36. The Morgan fingerprint density at radius 3 is 2.24 bits per heavy atom. The number of allylic oxidation sites excluding steroid dienone is 3. The summed E-state index contributed by atoms with van der Waals surface area (Å²) in [6.07, 6.45) is 12.7. The zero-order valence-corrected chi connectivity index (χ0v) is 28.7. The van der Waals surface area contributed by atoms with Crippen molar-refractivity contribution in [3.8, 4) is 33.9 Å². The summed E-state index contributed by atoms with van der Waals surface area (Å²) < 4.78 is 2.61. The van der Waals surface area contributed by atoms with Crippen LogP contribution in [0.2, 0.25) is 0 Å². The standard InChI is InChI=1S/C45H31N3S2/c1-2-9-28(10-3-1)31-11-8-12-33(25-31)44-46-43(47-45(48-44)34-22-24-38-36-14-5-7-16-40(36)50-42(38)27-34)30-19-17-29(18-20-30)32-21-23-37-35-13-4-6-15-39(35)49-41(37)26-32/h1-21,23-27,34,37,41H,22H2. The SMILES string of the molecule is C1=CC2c3ccccc3SC2C=C1c1ccc(-c2nc(-c3cccc(-c4ccccc4)c3)nc(C3C=c4sc5ccccc5c4=CC3)n2)cc1. The van der Waals surface area contributed by atoms with E-state index in [2.05, 4.69) is 152 Å². The molecular weight excluding hydrogens is 647 g/mol. The molecule has 0 spiro atoms. The fourth-order valence-corrected chi connectivity index (χ4v) is 10.0. The molecule has 5 aromatic carbocycles. The van der Waals surface area contributed by atoms with Gasteiger partial charge in [0.15, 0.2) is 11.6 Å². The highest BCUT2D eigenvalue weighted by atomic mass is 32.2. The molecule has 3 aliphatic rings. The Labute approximate surface area is 299 Å². The second kappa shape index (κ2) is 12.2. The molecule has 238 valence electrons. The van der Waals surface area contributed by atoms with Crippen molar-refractivity contribution in [2.45, 2.75) is 28.4 Å². The number of aromatic nitrogens is 3. The van der Waals surface area contributed by atoms with E-state index in [4.69, 9.17) is 15.0 Å². The third-order valence-electron chi connectivity index (χ3n) is 10.0. The molecule has 7 aromatic rings. The normalized spacial score (nSPS) is 18.8. The van der Waals surface area contributed by atoms with Crippen LogP contribution in [0.4, 0.5) is 0 Å². The lowest BCUT2D eigenvalue weighted by Gasteiger charge is -2.19. The molecule has 0 fully saturated rings. The summed E-state index contributed by atoms with van der Waals surface area (Å²) >= 11 is 3.82. The van der Waals surface area contributed by atoms with Gasteiger partial charge in [-0.05, 0) is 63.1 Å². The van der Waals surface area contributed by atoms with Crippen LogP contribution >= 0.6 is 23.1 Å². The van der Waals surface area contributed by atoms with Crippen LogP contribution in [0.15, 0.2) is 151 Å². The maximum Gasteiger partial charge on any atom is 0.163 e. The van der Waals surface area contributed by atoms with Gasteiger partial charge in [0, 0.05) is 42.3 Å². The highest BCUT2D eigenvalue weighted by Gasteiger charge is 2.32. The minimum atomic E-state index is 0.0613. The van der Waals surface area contributed by atoms with Crippen LogP contribution in [0.25, 0.3) is 61.7 Å². The highest BCUT2D eigenvalue weighted by Crippen LogP contribution is 2.49. The number of hydrogen-bond acceptors (Lipinski definition) is 5. The predicted molar refractivity (Wildman–Crippen MR) is 209 cm³/mol. The molecule has 3 unspecified atom stereocenters. The zero-order valence-electron chi connectivity index (χ0n) is 27.1. The van der Waals surface area contributed by atoms with Crippen LogP contribution in [0.5, 0.6) is 0 Å². The summed E-state index contributed by atoms with van der Waals surface area (Å²) in [5.74, 6) is 2.71. The number of fused-ring (bicyclic) bond motifs is 6. The van der Waals surface area contributed by atoms with Crippen molar-refractivity contribution in [3.05, 3.63) is 172 Å². The maximum atomic E-state index is 5.17. The minimum absolute atomic E-state index is 0.0613. The summed E-state index contributed by atoms with van der Waals surface area (Å²) in [5.41, 5.74) is 8.19. The van der Waals surface area contributed by atoms with E-state index < -0.39 is 0 Å². The van der Waals surface area contributed by atoms with Crippen molar-refractivity contribution in [2.24, 2.45) is 0 Å². The largest absolute Gasteiger partial charge is 0.212 e. The maximum absolute atomic E-state index is 5.17. The molecule has 0 saturated carbocycles. The van der Waals surface area contributed by atoms with E-state index in [-0.39, 0.29) is 5.92 Å². The molecule has 3 nitrogen and oxygen atoms in total. The van der Waals surface area contributed by atoms with E-state index in [1.54, 1.807) is 0 Å². The van der Waals surface area contributed by atoms with Gasteiger partial charge in [0.2, 0.25) is 0 Å². The average molecular weight is 678 g/mol. The van der Waals surface area contributed by atoms with Crippen LogP contribution in [0.3, 0.4) is 0 Å². The average Bonchev–Trinajstić information content (AvgIpc) is 3.76. The minimum Gasteiger partial charge on any atom is -0.212 e. The molecule has 0 saturated heterocycles. The molecule has 2 aromatic heterocycles. The molecule has 10 rings (SSSR count). The van der Waals surface area contributed by atoms with Crippen LogP contribution in [0.1, 0.15) is 35.2 Å². The first-order valence-corrected chi connectivity index (χ1v) is 18.8. The smallest absolute Gasteiger partial charge is 0.163 e. The van der Waals surface area contributed by atoms with Crippen molar-refractivity contribution in [1.29, 1.82) is 0 Å². The van der Waals surface area contributed by atoms with Gasteiger partial charge in [-0.3, -0.25) is 0 Å². The van der Waals surface area contributed by atoms with Gasteiger partial charge < -0.3 is 0 Å². The van der Waals surface area contributed by atoms with E-state index >= 15 is 0 Å². The Balaban J connectivity index is 1.03. The van der Waals surface area contributed by atoms with Crippen molar-refractivity contribution in [3.63, 3.8) is 0 Å². The van der Waals surface area contributed by atoms with Crippen LogP contribution in [0, 0.1) is 0 Å². The van der Waals surface area contributed by atoms with E-state index in [0.717, 1.165) is 28.9 Å². The zero-order chi connectivity index (χ0) is 33.0. The predicted octanol–water partition coefficient (Wildman–Crippen LogP) is 10.0. The fourth-order valence-electron chi connectivity index (χ4n) is 7.43. The second-order valence-electron chi connectivity index (χ2n) is 13.1. The number of hydrogen-bond donors (Lipinski definition) is 0. The number of nitrogens with zero attached hydrogens (tertiary/aromatic N) is 3. The van der Waals surface area contributed by atoms with Gasteiger partial charge in [-0.15, -0.1) is 23.1 Å². The van der Waals surface area contributed by atoms with Crippen molar-refractivity contribution < 1.29 is 0 Å². The van der Waals surface area contributed by atoms with Crippen LogP contribution < -0.4 is 9.75 Å². The molecule has 0 bridgehead atoms. The number of thiophene rings is 1. The van der Waals surface area contributed by atoms with Gasteiger partial charge in [-0.25, -0.2) is 15.0 Å². The summed E-state index contributed by atoms with van der Waals surface area (Å²) in [6, 6.07) is 45.2. The van der Waals surface area contributed by atoms with Crippen molar-refractivity contribution in [1.82, 2.24) is 15.0 Å². The van der Waals surface area contributed by atoms with Gasteiger partial charge in [-0.2, -0.15) is 0 Å². The van der Waals surface area contributed by atoms with E-state index in [1.807, 2.05) is 29.2 Å². The van der Waals surface area contributed by atoms with Crippen molar-refractivity contribution in [2.75, 3.05) is 0 Å². The highest BCUT2D eigenvalue weighted by molar-refractivity contribution is 8.00. The van der Waals surface area contributed by atoms with Gasteiger partial charge in [0.05, 0.1) is 0 Å². The lowest BCUT2D eigenvalue weighted by Crippen LogP contribution is -2.24. The monoisotopic (exact) mass is 677 g/mol. The topological polar surface area (TPSA) is 38.7 Å². The molecule has 0 N–H and O–H groups in total. The summed E-state index contributed by atoms with van der Waals surface area (Å²) in [5, 5.41) is 3.09. The van der Waals surface area contributed by atoms with Gasteiger partial charge >= 0.3 is 0 Å². The third-order valence-corrected chi connectivity index (χ3v) is 12.5. The molecular formula is C45H31N3S2. The molecule has 3 heterocycles. The van der Waals surface area contributed by atoms with Crippen molar-refractivity contribution >= 4 is 50.9 Å². The Bertz CT molecular complexity index is 2620. The number of rotatable bonds is 5. The van der Waals surface area contributed by atoms with Crippen LogP contribution in [-0.2, 0) is 0 Å². The number of thioether (sulfide) groups is 1. The number of benzene rings is 5. The first-order chi connectivity index (χ1) is 24.7. The Morgan fingerprint density at radius 1 is 0.600 bits per heavy atom. The van der Waals surface area contributed by atoms with E-state index in [0.29, 0.717) is 22.8 Å². The molecule has 5 heteroatoms. The van der Waals surface area contributed by atoms with Gasteiger partial charge in [0.1, 0.15) is 5.82 Å². The molecule has 50 heavy (non-hydrogen) atoms.